The molecular weight excluding hydrogens is 484 g/mol. The molecule has 0 radical (unpaired) electrons. The Bertz CT molecular complexity index is 1720. The predicted octanol–water partition coefficient (Wildman–Crippen LogP) is 5.38. The molecule has 3 aromatic carbocycles. The van der Waals surface area contributed by atoms with E-state index in [2.05, 4.69) is 14.7 Å². The van der Waals surface area contributed by atoms with Crippen molar-refractivity contribution in [2.75, 3.05) is 16.2 Å². The molecule has 182 valence electrons. The highest BCUT2D eigenvalue weighted by Crippen LogP contribution is 2.32. The topological polar surface area (TPSA) is 103 Å². The maximum absolute atomic E-state index is 14.6. The number of hydrogen-bond acceptors (Lipinski definition) is 5. The summed E-state index contributed by atoms with van der Waals surface area (Å²) in [7, 11) is -3.60. The van der Waals surface area contributed by atoms with Gasteiger partial charge in [-0.05, 0) is 78.2 Å². The maximum Gasteiger partial charge on any atom is 0.232 e. The number of nitrogens with zero attached hydrogens (tertiary/aromatic N) is 3. The number of nitrogens with two attached hydrogens (primary N) is 1. The van der Waals surface area contributed by atoms with E-state index in [1.807, 2.05) is 24.3 Å². The molecule has 0 unspecified atom stereocenters. The molecule has 0 bridgehead atoms. The van der Waals surface area contributed by atoms with Crippen LogP contribution in [0.2, 0.25) is 0 Å². The molecule has 0 aliphatic carbocycles. The van der Waals surface area contributed by atoms with Gasteiger partial charge < -0.3 is 5.73 Å². The van der Waals surface area contributed by atoms with Crippen LogP contribution in [0, 0.1) is 11.6 Å². The average Bonchev–Trinajstić information content (AvgIpc) is 3.27. The molecule has 0 saturated heterocycles. The van der Waals surface area contributed by atoms with Crippen LogP contribution in [0.25, 0.3) is 39.0 Å². The highest BCUT2D eigenvalue weighted by Gasteiger charge is 2.15. The molecule has 0 fully saturated rings. The summed E-state index contributed by atoms with van der Waals surface area (Å²) in [6.07, 6.45) is 3.24. The van der Waals surface area contributed by atoms with Crippen LogP contribution in [0.15, 0.2) is 79.3 Å². The summed E-state index contributed by atoms with van der Waals surface area (Å²) in [4.78, 5) is 8.53. The van der Waals surface area contributed by atoms with Gasteiger partial charge in [-0.3, -0.25) is 9.29 Å². The first-order valence-electron chi connectivity index (χ1n) is 11.0. The van der Waals surface area contributed by atoms with Crippen molar-refractivity contribution in [3.05, 3.63) is 90.9 Å². The summed E-state index contributed by atoms with van der Waals surface area (Å²) in [5, 5.41) is 0. The molecule has 0 spiro atoms. The van der Waals surface area contributed by atoms with E-state index in [0.717, 1.165) is 28.8 Å². The van der Waals surface area contributed by atoms with E-state index in [4.69, 9.17) is 5.73 Å². The summed E-state index contributed by atoms with van der Waals surface area (Å²) in [6, 6.07) is 17.4. The Balaban J connectivity index is 1.65. The number of anilines is 2. The van der Waals surface area contributed by atoms with Crippen LogP contribution in [0.4, 0.5) is 20.3 Å². The fourth-order valence-corrected chi connectivity index (χ4v) is 4.59. The van der Waals surface area contributed by atoms with Gasteiger partial charge in [-0.2, -0.15) is 0 Å². The molecule has 5 rings (SSSR count). The Kier molecular flexibility index (Phi) is 5.89. The summed E-state index contributed by atoms with van der Waals surface area (Å²) in [5.74, 6) is -1.18. The van der Waals surface area contributed by atoms with Crippen LogP contribution >= 0.6 is 0 Å². The number of sulfonamides is 1. The van der Waals surface area contributed by atoms with Gasteiger partial charge in [0.1, 0.15) is 23.8 Å². The Labute approximate surface area is 206 Å². The van der Waals surface area contributed by atoms with Crippen molar-refractivity contribution in [1.82, 2.24) is 14.5 Å². The van der Waals surface area contributed by atoms with Gasteiger partial charge in [-0.25, -0.2) is 27.2 Å². The number of aromatic nitrogens is 3. The van der Waals surface area contributed by atoms with Crippen LogP contribution in [0.3, 0.4) is 0 Å². The van der Waals surface area contributed by atoms with Gasteiger partial charge in [0.25, 0.3) is 0 Å². The van der Waals surface area contributed by atoms with E-state index in [0.29, 0.717) is 22.6 Å². The van der Waals surface area contributed by atoms with Crippen molar-refractivity contribution >= 4 is 32.6 Å². The Morgan fingerprint density at radius 1 is 0.917 bits per heavy atom. The van der Waals surface area contributed by atoms with E-state index in [1.54, 1.807) is 35.3 Å². The van der Waals surface area contributed by atoms with Gasteiger partial charge in [-0.1, -0.05) is 6.07 Å². The summed E-state index contributed by atoms with van der Waals surface area (Å²) in [5.41, 5.74) is 10.4. The van der Waals surface area contributed by atoms with Crippen molar-refractivity contribution < 1.29 is 17.2 Å². The molecule has 10 heteroatoms. The minimum Gasteiger partial charge on any atom is -0.384 e. The monoisotopic (exact) mass is 505 g/mol. The quantitative estimate of drug-likeness (QED) is 0.323. The molecule has 0 amide bonds. The van der Waals surface area contributed by atoms with E-state index >= 15 is 0 Å². The van der Waals surface area contributed by atoms with Crippen molar-refractivity contribution in [3.8, 4) is 27.9 Å². The molecular formula is C26H21F2N5O2S. The zero-order valence-corrected chi connectivity index (χ0v) is 19.9. The molecule has 3 N–H and O–H groups in total. The smallest absolute Gasteiger partial charge is 0.232 e. The van der Waals surface area contributed by atoms with Crippen LogP contribution in [0.1, 0.15) is 6.92 Å². The van der Waals surface area contributed by atoms with Gasteiger partial charge >= 0.3 is 0 Å². The zero-order chi connectivity index (χ0) is 25.4. The molecule has 7 nitrogen and oxygen atoms in total. The molecule has 0 aliphatic heterocycles. The highest BCUT2D eigenvalue weighted by molar-refractivity contribution is 7.92. The molecule has 0 aliphatic rings. The average molecular weight is 506 g/mol. The third-order valence-electron chi connectivity index (χ3n) is 5.75. The Hall–Kier alpha value is -4.31. The SMILES string of the molecule is CCS(=O)(=O)Nc1cc(-c2ccc(F)cc2F)cc(-n2cnc3cc(-c4ccnc(N)c4)ccc32)c1. The fraction of sp³-hybridized carbons (Fsp3) is 0.0769. The number of nitrogen functional groups attached to an aromatic ring is 1. The maximum atomic E-state index is 14.6. The van der Waals surface area contributed by atoms with Crippen LogP contribution in [0.5, 0.6) is 0 Å². The van der Waals surface area contributed by atoms with Gasteiger partial charge in [0.15, 0.2) is 0 Å². The summed E-state index contributed by atoms with van der Waals surface area (Å²) < 4.78 is 57.0. The van der Waals surface area contributed by atoms with Crippen molar-refractivity contribution in [3.63, 3.8) is 0 Å². The second kappa shape index (κ2) is 9.04. The van der Waals surface area contributed by atoms with E-state index in [1.165, 1.54) is 19.1 Å². The lowest BCUT2D eigenvalue weighted by atomic mass is 10.0. The predicted molar refractivity (Wildman–Crippen MR) is 137 cm³/mol. The molecule has 5 aromatic rings. The van der Waals surface area contributed by atoms with Crippen LogP contribution < -0.4 is 10.5 Å². The van der Waals surface area contributed by atoms with Crippen molar-refractivity contribution in [2.45, 2.75) is 6.92 Å². The number of fused-ring (bicyclic) bond motifs is 1. The van der Waals surface area contributed by atoms with Gasteiger partial charge in [0, 0.05) is 23.5 Å². The lowest BCUT2D eigenvalue weighted by molar-refractivity contribution is 0.585. The molecule has 0 saturated carbocycles. The molecule has 2 heterocycles. The number of halogens is 2. The van der Waals surface area contributed by atoms with Crippen molar-refractivity contribution in [2.24, 2.45) is 0 Å². The van der Waals surface area contributed by atoms with Crippen molar-refractivity contribution in [1.29, 1.82) is 0 Å². The lowest BCUT2D eigenvalue weighted by Gasteiger charge is -2.14. The second-order valence-electron chi connectivity index (χ2n) is 8.19. The number of imidazole rings is 1. The number of rotatable bonds is 6. The number of benzene rings is 3. The summed E-state index contributed by atoms with van der Waals surface area (Å²) >= 11 is 0. The molecule has 36 heavy (non-hydrogen) atoms. The molecule has 2 aromatic heterocycles. The van der Waals surface area contributed by atoms with Crippen LogP contribution in [-0.4, -0.2) is 28.7 Å². The number of hydrogen-bond donors (Lipinski definition) is 2. The lowest BCUT2D eigenvalue weighted by Crippen LogP contribution is -2.15. The van der Waals surface area contributed by atoms with Gasteiger partial charge in [0.2, 0.25) is 10.0 Å². The minimum atomic E-state index is -3.60. The van der Waals surface area contributed by atoms with E-state index < -0.39 is 21.7 Å². The normalized spacial score (nSPS) is 11.6. The minimum absolute atomic E-state index is 0.131. The number of nitrogens with one attached hydrogen (secondary N) is 1. The first kappa shape index (κ1) is 23.4. The first-order chi connectivity index (χ1) is 17.2. The largest absolute Gasteiger partial charge is 0.384 e. The molecule has 0 atom stereocenters. The summed E-state index contributed by atoms with van der Waals surface area (Å²) in [6.45, 7) is 1.52. The Morgan fingerprint density at radius 2 is 1.72 bits per heavy atom. The number of pyridine rings is 1. The second-order valence-corrected chi connectivity index (χ2v) is 10.2. The van der Waals surface area contributed by atoms with Gasteiger partial charge in [-0.15, -0.1) is 0 Å². The van der Waals surface area contributed by atoms with E-state index in [-0.39, 0.29) is 17.0 Å². The van der Waals surface area contributed by atoms with E-state index in [9.17, 15) is 17.2 Å². The standard InChI is InChI=1S/C26H21F2N5O2S/c1-2-36(34,35)32-20-9-18(22-5-4-19(27)13-23(22)28)10-21(14-20)33-15-31-24-11-16(3-6-25(24)33)17-7-8-30-26(29)12-17/h3-15,32H,2H2,1H3,(H2,29,30). The third kappa shape index (κ3) is 4.63. The highest BCUT2D eigenvalue weighted by atomic mass is 32.2. The fourth-order valence-electron chi connectivity index (χ4n) is 3.97. The zero-order valence-electron chi connectivity index (χ0n) is 19.1. The van der Waals surface area contributed by atoms with Gasteiger partial charge in [0.05, 0.1) is 22.5 Å². The Morgan fingerprint density at radius 3 is 2.47 bits per heavy atom. The van der Waals surface area contributed by atoms with Crippen LogP contribution in [-0.2, 0) is 10.0 Å². The first-order valence-corrected chi connectivity index (χ1v) is 12.7. The third-order valence-corrected chi connectivity index (χ3v) is 7.06.